The van der Waals surface area contributed by atoms with Crippen LogP contribution in [-0.4, -0.2) is 26.8 Å². The van der Waals surface area contributed by atoms with Crippen LogP contribution in [0.15, 0.2) is 42.2 Å². The smallest absolute Gasteiger partial charge is 0.184 e. The highest BCUT2D eigenvalue weighted by Crippen LogP contribution is 2.35. The number of methoxy groups -OCH3 is 2. The normalized spacial score (nSPS) is 12.2. The minimum Gasteiger partial charge on any atom is -0.493 e. The molecule has 0 bridgehead atoms. The first-order valence-electron chi connectivity index (χ1n) is 10.9. The lowest BCUT2D eigenvalue weighted by Crippen LogP contribution is -2.15. The van der Waals surface area contributed by atoms with E-state index in [2.05, 4.69) is 39.8 Å². The van der Waals surface area contributed by atoms with Gasteiger partial charge in [0.1, 0.15) is 11.5 Å². The zero-order valence-corrected chi connectivity index (χ0v) is 20.4. The molecular weight excluding hydrogens is 404 g/mol. The maximum absolute atomic E-state index is 10.9. The zero-order valence-electron chi connectivity index (χ0n) is 20.4. The standard InChI is InChI=1S/C27H36O5/c1-19(16-28)32-26-23(17-29-6)14-21(15-24(26)18-30-7)12-13-31-25-10-8-22(9-11-25)20(2)27(3,4)5/h8-11,14-15,20H,12-13,17-18H2,1-7H3. The molecule has 0 saturated carbocycles. The van der Waals surface area contributed by atoms with E-state index in [1.165, 1.54) is 5.56 Å². The molecule has 2 aromatic carbocycles. The molecule has 0 aliphatic heterocycles. The van der Waals surface area contributed by atoms with Crippen LogP contribution in [0.3, 0.4) is 0 Å². The third-order valence-electron chi connectivity index (χ3n) is 5.64. The van der Waals surface area contributed by atoms with Gasteiger partial charge in [0.2, 0.25) is 0 Å². The molecule has 0 aromatic heterocycles. The van der Waals surface area contributed by atoms with Crippen molar-refractivity contribution in [3.05, 3.63) is 64.4 Å². The predicted octanol–water partition coefficient (Wildman–Crippen LogP) is 5.86. The van der Waals surface area contributed by atoms with Gasteiger partial charge in [-0.1, -0.05) is 39.8 Å². The van der Waals surface area contributed by atoms with Crippen LogP contribution in [0.5, 0.6) is 11.5 Å². The summed E-state index contributed by atoms with van der Waals surface area (Å²) in [6, 6.07) is 12.4. The van der Waals surface area contributed by atoms with Crippen LogP contribution in [0.2, 0.25) is 0 Å². The monoisotopic (exact) mass is 440 g/mol. The van der Waals surface area contributed by atoms with Gasteiger partial charge in [-0.05, 0) is 46.7 Å². The van der Waals surface area contributed by atoms with Crippen molar-refractivity contribution in [2.24, 2.45) is 5.41 Å². The second kappa shape index (κ2) is 11.9. The van der Waals surface area contributed by atoms with E-state index in [0.717, 1.165) is 28.9 Å². The summed E-state index contributed by atoms with van der Waals surface area (Å²) in [5, 5.41) is 0. The van der Waals surface area contributed by atoms with Crippen molar-refractivity contribution < 1.29 is 23.7 Å². The van der Waals surface area contributed by atoms with Gasteiger partial charge in [0.15, 0.2) is 11.7 Å². The largest absolute Gasteiger partial charge is 0.493 e. The number of hydrogen-bond donors (Lipinski definition) is 0. The van der Waals surface area contributed by atoms with E-state index in [-0.39, 0.29) is 11.2 Å². The second-order valence-electron chi connectivity index (χ2n) is 9.12. The number of rotatable bonds is 11. The number of ether oxygens (including phenoxy) is 4. The number of hydrogen-bond acceptors (Lipinski definition) is 5. The highest BCUT2D eigenvalue weighted by Gasteiger charge is 2.21. The van der Waals surface area contributed by atoms with E-state index in [1.807, 2.05) is 24.3 Å². The average molecular weight is 441 g/mol. The highest BCUT2D eigenvalue weighted by atomic mass is 16.5. The molecule has 2 rings (SSSR count). The molecule has 174 valence electrons. The Hall–Kier alpha value is -2.59. The minimum atomic E-state index is 0.167. The van der Waals surface area contributed by atoms with E-state index in [1.54, 1.807) is 27.1 Å². The van der Waals surface area contributed by atoms with Gasteiger partial charge in [0.25, 0.3) is 0 Å². The van der Waals surface area contributed by atoms with Crippen LogP contribution in [0.1, 0.15) is 62.8 Å². The molecule has 1 atom stereocenters. The quantitative estimate of drug-likeness (QED) is 0.323. The molecule has 0 spiro atoms. The second-order valence-corrected chi connectivity index (χ2v) is 9.12. The molecule has 5 nitrogen and oxygen atoms in total. The molecule has 5 heteroatoms. The van der Waals surface area contributed by atoms with E-state index in [0.29, 0.717) is 31.5 Å². The molecule has 1 unspecified atom stereocenters. The number of allylic oxidation sites excluding steroid dienone is 1. The third-order valence-corrected chi connectivity index (χ3v) is 5.64. The SMILES string of the molecule is COCc1cc(CCOc2ccc(C(C)C(C)(C)C)cc2)cc(COC)c1OC(C)=C=O. The summed E-state index contributed by atoms with van der Waals surface area (Å²) in [6.07, 6.45) is 0.719. The molecule has 0 aliphatic carbocycles. The Balaban J connectivity index is 2.12. The van der Waals surface area contributed by atoms with Crippen LogP contribution in [-0.2, 0) is 33.9 Å². The predicted molar refractivity (Wildman–Crippen MR) is 127 cm³/mol. The summed E-state index contributed by atoms with van der Waals surface area (Å²) in [5.74, 6) is 3.86. The number of carbonyl (C=O) groups excluding carboxylic acids is 1. The van der Waals surface area contributed by atoms with Crippen LogP contribution in [0.25, 0.3) is 0 Å². The third kappa shape index (κ3) is 7.23. The maximum atomic E-state index is 10.9. The molecule has 0 amide bonds. The Morgan fingerprint density at radius 2 is 1.56 bits per heavy atom. The molecular formula is C27H36O5. The Bertz CT molecular complexity index is 891. The van der Waals surface area contributed by atoms with Crippen molar-refractivity contribution >= 4 is 5.94 Å². The summed E-state index contributed by atoms with van der Waals surface area (Å²) in [6.45, 7) is 11.9. The van der Waals surface area contributed by atoms with E-state index in [4.69, 9.17) is 18.9 Å². The molecule has 0 aliphatic rings. The zero-order chi connectivity index (χ0) is 23.7. The topological polar surface area (TPSA) is 54.0 Å². The first-order chi connectivity index (χ1) is 15.2. The fourth-order valence-corrected chi connectivity index (χ4v) is 3.44. The van der Waals surface area contributed by atoms with Gasteiger partial charge < -0.3 is 18.9 Å². The van der Waals surface area contributed by atoms with Gasteiger partial charge in [0.05, 0.1) is 19.8 Å². The first-order valence-corrected chi connectivity index (χ1v) is 10.9. The van der Waals surface area contributed by atoms with Crippen molar-refractivity contribution in [2.45, 2.75) is 60.2 Å². The Labute approximate surface area is 192 Å². The Kier molecular flexibility index (Phi) is 9.52. The van der Waals surface area contributed by atoms with Crippen molar-refractivity contribution in [3.8, 4) is 11.5 Å². The Morgan fingerprint density at radius 1 is 1.00 bits per heavy atom. The molecule has 0 saturated heterocycles. The fraction of sp³-hybridized carbons (Fsp3) is 0.481. The first kappa shape index (κ1) is 25.7. The fourth-order valence-electron chi connectivity index (χ4n) is 3.44. The maximum Gasteiger partial charge on any atom is 0.184 e. The minimum absolute atomic E-state index is 0.167. The van der Waals surface area contributed by atoms with Crippen molar-refractivity contribution in [3.63, 3.8) is 0 Å². The van der Waals surface area contributed by atoms with Crippen LogP contribution in [0, 0.1) is 5.41 Å². The van der Waals surface area contributed by atoms with Crippen LogP contribution < -0.4 is 9.47 Å². The summed E-state index contributed by atoms with van der Waals surface area (Å²) in [4.78, 5) is 10.9. The molecule has 2 aromatic rings. The highest BCUT2D eigenvalue weighted by molar-refractivity contribution is 5.52. The number of benzene rings is 2. The van der Waals surface area contributed by atoms with Crippen molar-refractivity contribution in [1.29, 1.82) is 0 Å². The van der Waals surface area contributed by atoms with E-state index >= 15 is 0 Å². The van der Waals surface area contributed by atoms with E-state index < -0.39 is 0 Å². The van der Waals surface area contributed by atoms with Gasteiger partial charge in [-0.3, -0.25) is 0 Å². The summed E-state index contributed by atoms with van der Waals surface area (Å²) < 4.78 is 22.4. The molecule has 0 fully saturated rings. The van der Waals surface area contributed by atoms with Gasteiger partial charge in [0, 0.05) is 38.7 Å². The molecule has 32 heavy (non-hydrogen) atoms. The van der Waals surface area contributed by atoms with Crippen molar-refractivity contribution in [2.75, 3.05) is 20.8 Å². The molecule has 0 N–H and O–H groups in total. The summed E-state index contributed by atoms with van der Waals surface area (Å²) in [7, 11) is 3.25. The van der Waals surface area contributed by atoms with Crippen LogP contribution >= 0.6 is 0 Å². The molecule has 0 radical (unpaired) electrons. The lowest BCUT2D eigenvalue weighted by Gasteiger charge is -2.27. The summed E-state index contributed by atoms with van der Waals surface area (Å²) in [5.41, 5.74) is 4.33. The van der Waals surface area contributed by atoms with Gasteiger partial charge in [-0.25, -0.2) is 4.79 Å². The van der Waals surface area contributed by atoms with Gasteiger partial charge >= 0.3 is 0 Å². The van der Waals surface area contributed by atoms with Gasteiger partial charge in [-0.15, -0.1) is 0 Å². The Morgan fingerprint density at radius 3 is 2.03 bits per heavy atom. The van der Waals surface area contributed by atoms with Gasteiger partial charge in [-0.2, -0.15) is 0 Å². The lowest BCUT2D eigenvalue weighted by molar-refractivity contribution is 0.174. The molecule has 0 heterocycles. The van der Waals surface area contributed by atoms with Crippen LogP contribution in [0.4, 0.5) is 0 Å². The lowest BCUT2D eigenvalue weighted by atomic mass is 9.78. The van der Waals surface area contributed by atoms with Crippen molar-refractivity contribution in [1.82, 2.24) is 0 Å². The van der Waals surface area contributed by atoms with E-state index in [9.17, 15) is 4.79 Å². The summed E-state index contributed by atoms with van der Waals surface area (Å²) >= 11 is 0. The average Bonchev–Trinajstić information content (AvgIpc) is 2.75.